The van der Waals surface area contributed by atoms with Gasteiger partial charge in [0.25, 0.3) is 0 Å². The van der Waals surface area contributed by atoms with Crippen LogP contribution in [0.5, 0.6) is 0 Å². The normalized spacial score (nSPS) is 40.4. The summed E-state index contributed by atoms with van der Waals surface area (Å²) in [7, 11) is 1.71. The summed E-state index contributed by atoms with van der Waals surface area (Å²) in [6.45, 7) is 5.10. The van der Waals surface area contributed by atoms with E-state index in [0.717, 1.165) is 63.3 Å². The maximum Gasteiger partial charge on any atom is 0.230 e. The molecule has 1 spiro atoms. The van der Waals surface area contributed by atoms with Gasteiger partial charge in [0.2, 0.25) is 5.91 Å². The number of amides is 1. The van der Waals surface area contributed by atoms with E-state index in [1.807, 2.05) is 16.2 Å². The van der Waals surface area contributed by atoms with Crippen LogP contribution in [-0.2, 0) is 21.5 Å². The number of hydrogen-bond donors (Lipinski definition) is 0. The third-order valence-electron chi connectivity index (χ3n) is 9.03. The summed E-state index contributed by atoms with van der Waals surface area (Å²) in [6, 6.07) is 0. The topological polar surface area (TPSA) is 45.7 Å². The molecule has 0 N–H and O–H groups in total. The monoisotopic (exact) mass is 429 g/mol. The third-order valence-corrected chi connectivity index (χ3v) is 10.2. The van der Waals surface area contributed by atoms with Crippen molar-refractivity contribution >= 4 is 17.2 Å². The number of aromatic nitrogens is 1. The lowest BCUT2D eigenvalue weighted by molar-refractivity contribution is -0.136. The van der Waals surface area contributed by atoms with Crippen LogP contribution in [0.2, 0.25) is 0 Å². The standard InChI is InChI=1S/C24H35N3O2S/c1-29-7-6-27-5-3-23(22(27)28)2-4-26(16-23)14-20-15-30-21(25-20)24-11-17-8-18(12-24)10-19(9-17)13-24/h15,17-19H,2-14,16H2,1H3. The molecule has 4 bridgehead atoms. The first-order valence-corrected chi connectivity index (χ1v) is 12.9. The SMILES string of the molecule is COCCN1CCC2(CCN(Cc3csc(C45CC6CC(CC(C6)C4)C5)n3)C2)C1=O. The zero-order valence-electron chi connectivity index (χ0n) is 18.3. The molecule has 1 unspecified atom stereocenters. The van der Waals surface area contributed by atoms with E-state index in [4.69, 9.17) is 9.72 Å². The minimum Gasteiger partial charge on any atom is -0.383 e. The number of carbonyl (C=O) groups excluding carboxylic acids is 1. The second-order valence-electron chi connectivity index (χ2n) is 11.1. The Morgan fingerprint density at radius 3 is 2.50 bits per heavy atom. The molecule has 30 heavy (non-hydrogen) atoms. The molecule has 0 aromatic carbocycles. The molecule has 1 amide bonds. The molecule has 6 heteroatoms. The lowest BCUT2D eigenvalue weighted by atomic mass is 9.50. The fourth-order valence-corrected chi connectivity index (χ4v) is 9.05. The van der Waals surface area contributed by atoms with Crippen molar-refractivity contribution in [3.63, 3.8) is 0 Å². The second kappa shape index (κ2) is 7.28. The van der Waals surface area contributed by atoms with Crippen LogP contribution in [0, 0.1) is 23.2 Å². The van der Waals surface area contributed by atoms with Crippen molar-refractivity contribution in [2.24, 2.45) is 23.2 Å². The highest BCUT2D eigenvalue weighted by Gasteiger charge is 2.53. The highest BCUT2D eigenvalue weighted by Crippen LogP contribution is 2.61. The zero-order chi connectivity index (χ0) is 20.3. The minimum absolute atomic E-state index is 0.146. The molecule has 1 aromatic heterocycles. The molecule has 164 valence electrons. The zero-order valence-corrected chi connectivity index (χ0v) is 19.1. The number of hydrogen-bond acceptors (Lipinski definition) is 5. The first-order chi connectivity index (χ1) is 14.6. The van der Waals surface area contributed by atoms with E-state index >= 15 is 0 Å². The Balaban J connectivity index is 1.11. The Bertz CT molecular complexity index is 788. The summed E-state index contributed by atoms with van der Waals surface area (Å²) in [6.07, 6.45) is 10.6. The Kier molecular flexibility index (Phi) is 4.78. The van der Waals surface area contributed by atoms with Crippen LogP contribution in [0.15, 0.2) is 5.38 Å². The smallest absolute Gasteiger partial charge is 0.230 e. The van der Waals surface area contributed by atoms with Crippen LogP contribution in [0.3, 0.4) is 0 Å². The van der Waals surface area contributed by atoms with Crippen molar-refractivity contribution in [1.82, 2.24) is 14.8 Å². The van der Waals surface area contributed by atoms with E-state index < -0.39 is 0 Å². The Labute approximate surface area is 184 Å². The first kappa shape index (κ1) is 19.7. The molecule has 6 aliphatic rings. The first-order valence-electron chi connectivity index (χ1n) is 12.0. The van der Waals surface area contributed by atoms with Gasteiger partial charge in [0, 0.05) is 44.1 Å². The molecular formula is C24H35N3O2S. The number of likely N-dealkylation sites (tertiary alicyclic amines) is 2. The van der Waals surface area contributed by atoms with Gasteiger partial charge in [-0.25, -0.2) is 4.98 Å². The van der Waals surface area contributed by atoms with E-state index in [1.54, 1.807) is 7.11 Å². The van der Waals surface area contributed by atoms with Crippen LogP contribution in [0.4, 0.5) is 0 Å². The Hall–Kier alpha value is -0.980. The van der Waals surface area contributed by atoms with Gasteiger partial charge in [0.05, 0.1) is 22.7 Å². The van der Waals surface area contributed by atoms with Gasteiger partial charge in [-0.05, 0) is 75.7 Å². The lowest BCUT2D eigenvalue weighted by Gasteiger charge is -2.56. The molecule has 6 fully saturated rings. The van der Waals surface area contributed by atoms with E-state index in [0.29, 0.717) is 17.9 Å². The molecule has 4 saturated carbocycles. The lowest BCUT2D eigenvalue weighted by Crippen LogP contribution is -2.48. The van der Waals surface area contributed by atoms with E-state index in [9.17, 15) is 4.79 Å². The van der Waals surface area contributed by atoms with Crippen molar-refractivity contribution in [3.05, 3.63) is 16.1 Å². The fraction of sp³-hybridized carbons (Fsp3) is 0.833. The van der Waals surface area contributed by atoms with E-state index in [1.165, 1.54) is 49.2 Å². The summed E-state index contributed by atoms with van der Waals surface area (Å²) in [5.74, 6) is 3.26. The van der Waals surface area contributed by atoms with Gasteiger partial charge in [-0.2, -0.15) is 0 Å². The number of carbonyl (C=O) groups is 1. The number of nitrogens with zero attached hydrogens (tertiary/aromatic N) is 3. The summed E-state index contributed by atoms with van der Waals surface area (Å²) in [4.78, 5) is 22.7. The van der Waals surface area contributed by atoms with Crippen molar-refractivity contribution in [2.45, 2.75) is 63.3 Å². The van der Waals surface area contributed by atoms with Crippen molar-refractivity contribution in [2.75, 3.05) is 39.9 Å². The minimum atomic E-state index is -0.146. The molecule has 4 aliphatic carbocycles. The summed E-state index contributed by atoms with van der Waals surface area (Å²) < 4.78 is 5.18. The molecule has 3 heterocycles. The molecule has 2 saturated heterocycles. The van der Waals surface area contributed by atoms with Crippen LogP contribution >= 0.6 is 11.3 Å². The van der Waals surface area contributed by atoms with Gasteiger partial charge in [-0.15, -0.1) is 11.3 Å². The van der Waals surface area contributed by atoms with Crippen LogP contribution in [-0.4, -0.2) is 60.6 Å². The molecule has 1 atom stereocenters. The summed E-state index contributed by atoms with van der Waals surface area (Å²) >= 11 is 1.93. The number of ether oxygens (including phenoxy) is 1. The fourth-order valence-electron chi connectivity index (χ4n) is 8.00. The maximum atomic E-state index is 13.0. The van der Waals surface area contributed by atoms with Crippen LogP contribution in [0.25, 0.3) is 0 Å². The van der Waals surface area contributed by atoms with Gasteiger partial charge in [-0.1, -0.05) is 0 Å². The maximum absolute atomic E-state index is 13.0. The number of rotatable bonds is 6. The second-order valence-corrected chi connectivity index (χ2v) is 12.0. The van der Waals surface area contributed by atoms with Gasteiger partial charge >= 0.3 is 0 Å². The highest BCUT2D eigenvalue weighted by atomic mass is 32.1. The summed E-state index contributed by atoms with van der Waals surface area (Å²) in [5.41, 5.74) is 1.50. The van der Waals surface area contributed by atoms with Gasteiger partial charge < -0.3 is 9.64 Å². The average Bonchev–Trinajstić information content (AvgIpc) is 3.42. The van der Waals surface area contributed by atoms with Gasteiger partial charge in [0.1, 0.15) is 0 Å². The largest absolute Gasteiger partial charge is 0.383 e. The van der Waals surface area contributed by atoms with Crippen LogP contribution in [0.1, 0.15) is 62.1 Å². The van der Waals surface area contributed by atoms with Gasteiger partial charge in [-0.3, -0.25) is 9.69 Å². The van der Waals surface area contributed by atoms with Crippen molar-refractivity contribution in [1.29, 1.82) is 0 Å². The Morgan fingerprint density at radius 1 is 1.10 bits per heavy atom. The molecule has 0 radical (unpaired) electrons. The highest BCUT2D eigenvalue weighted by molar-refractivity contribution is 7.09. The molecule has 5 nitrogen and oxygen atoms in total. The molecule has 7 rings (SSSR count). The quantitative estimate of drug-likeness (QED) is 0.692. The molecular weight excluding hydrogens is 394 g/mol. The van der Waals surface area contributed by atoms with Crippen molar-refractivity contribution in [3.8, 4) is 0 Å². The van der Waals surface area contributed by atoms with Gasteiger partial charge in [0.15, 0.2) is 0 Å². The Morgan fingerprint density at radius 2 is 1.80 bits per heavy atom. The predicted octanol–water partition coefficient (Wildman–Crippen LogP) is 3.68. The van der Waals surface area contributed by atoms with E-state index in [-0.39, 0.29) is 5.41 Å². The number of thiazole rings is 1. The van der Waals surface area contributed by atoms with E-state index in [2.05, 4.69) is 10.3 Å². The molecule has 2 aliphatic heterocycles. The number of methoxy groups -OCH3 is 1. The average molecular weight is 430 g/mol. The van der Waals surface area contributed by atoms with Crippen molar-refractivity contribution < 1.29 is 9.53 Å². The third kappa shape index (κ3) is 3.17. The van der Waals surface area contributed by atoms with Crippen LogP contribution < -0.4 is 0 Å². The predicted molar refractivity (Wildman–Crippen MR) is 117 cm³/mol. The molecule has 1 aromatic rings. The summed E-state index contributed by atoms with van der Waals surface area (Å²) in [5, 5.41) is 3.76.